The third kappa shape index (κ3) is 5.12. The minimum Gasteiger partial charge on any atom is -0.493 e. The number of nitrogens with zero attached hydrogens (tertiary/aromatic N) is 3. The first-order chi connectivity index (χ1) is 16.8. The molecule has 0 aliphatic heterocycles. The van der Waals surface area contributed by atoms with E-state index in [9.17, 15) is 18.3 Å². The van der Waals surface area contributed by atoms with Crippen LogP contribution < -0.4 is 15.0 Å². The molecule has 3 N–H and O–H groups in total. The molecule has 1 aliphatic carbocycles. The van der Waals surface area contributed by atoms with Gasteiger partial charge in [0.05, 0.1) is 29.4 Å². The summed E-state index contributed by atoms with van der Waals surface area (Å²) < 4.78 is 36.0. The van der Waals surface area contributed by atoms with Crippen molar-refractivity contribution in [3.63, 3.8) is 0 Å². The Bertz CT molecular complexity index is 1360. The standard InChI is InChI=1S/C24H33N5O5S/c1-4-8-17(14-30)28-35(32,33)18-11-12-20(34-5-2)19(13-18)22-26-24(31)21-15(3)25-23(29(21)27-22)16-9-6-7-10-16/h11-13,16-17,28,30H,4-10,14H2,1-3H3,(H,26,27,31). The van der Waals surface area contributed by atoms with E-state index in [0.29, 0.717) is 35.6 Å². The average Bonchev–Trinajstić information content (AvgIpc) is 3.47. The zero-order valence-corrected chi connectivity index (χ0v) is 21.2. The molecule has 1 aliphatic rings. The van der Waals surface area contributed by atoms with Crippen LogP contribution in [0, 0.1) is 6.92 Å². The number of nitrogens with one attached hydrogen (secondary N) is 2. The number of aromatic amines is 1. The molecule has 0 radical (unpaired) electrons. The molecule has 2 aromatic heterocycles. The molecule has 1 atom stereocenters. The van der Waals surface area contributed by atoms with Gasteiger partial charge in [-0.15, -0.1) is 5.10 Å². The van der Waals surface area contributed by atoms with Crippen molar-refractivity contribution in [3.8, 4) is 17.1 Å². The Morgan fingerprint density at radius 2 is 2.03 bits per heavy atom. The number of hydrogen-bond acceptors (Lipinski definition) is 7. The molecule has 10 nitrogen and oxygen atoms in total. The van der Waals surface area contributed by atoms with E-state index in [2.05, 4.69) is 14.7 Å². The normalized spacial score (nSPS) is 15.7. The van der Waals surface area contributed by atoms with Gasteiger partial charge in [0.1, 0.15) is 11.6 Å². The van der Waals surface area contributed by atoms with Gasteiger partial charge in [-0.1, -0.05) is 26.2 Å². The Balaban J connectivity index is 1.84. The number of aliphatic hydroxyl groups is 1. The third-order valence-corrected chi connectivity index (χ3v) is 7.93. The fourth-order valence-corrected chi connectivity index (χ4v) is 6.02. The summed E-state index contributed by atoms with van der Waals surface area (Å²) in [5.74, 6) is 1.60. The summed E-state index contributed by atoms with van der Waals surface area (Å²) in [5.41, 5.74) is 1.02. The van der Waals surface area contributed by atoms with E-state index in [1.165, 1.54) is 12.1 Å². The lowest BCUT2D eigenvalue weighted by atomic mass is 10.1. The van der Waals surface area contributed by atoms with E-state index in [4.69, 9.17) is 9.84 Å². The van der Waals surface area contributed by atoms with Crippen LogP contribution in [0.2, 0.25) is 0 Å². The van der Waals surface area contributed by atoms with Crippen LogP contribution in [0.4, 0.5) is 0 Å². The summed E-state index contributed by atoms with van der Waals surface area (Å²) >= 11 is 0. The molecule has 0 saturated heterocycles. The summed E-state index contributed by atoms with van der Waals surface area (Å²) in [6.07, 6.45) is 5.45. The highest BCUT2D eigenvalue weighted by molar-refractivity contribution is 7.89. The molecule has 11 heteroatoms. The highest BCUT2D eigenvalue weighted by Crippen LogP contribution is 2.35. The monoisotopic (exact) mass is 503 g/mol. The van der Waals surface area contributed by atoms with Crippen molar-refractivity contribution in [2.24, 2.45) is 0 Å². The van der Waals surface area contributed by atoms with Gasteiger partial charge in [0.15, 0.2) is 11.3 Å². The molecule has 1 aromatic carbocycles. The van der Waals surface area contributed by atoms with Crippen LogP contribution in [0.25, 0.3) is 16.9 Å². The van der Waals surface area contributed by atoms with E-state index in [-0.39, 0.29) is 28.8 Å². The molecule has 0 amide bonds. The molecule has 35 heavy (non-hydrogen) atoms. The molecule has 4 rings (SSSR count). The van der Waals surface area contributed by atoms with Gasteiger partial charge < -0.3 is 14.8 Å². The predicted octanol–water partition coefficient (Wildman–Crippen LogP) is 2.89. The van der Waals surface area contributed by atoms with Gasteiger partial charge >= 0.3 is 0 Å². The molecular weight excluding hydrogens is 470 g/mol. The zero-order chi connectivity index (χ0) is 25.2. The van der Waals surface area contributed by atoms with E-state index >= 15 is 0 Å². The van der Waals surface area contributed by atoms with Crippen LogP contribution in [0.1, 0.15) is 69.8 Å². The Kier molecular flexibility index (Phi) is 7.58. The second kappa shape index (κ2) is 10.5. The average molecular weight is 504 g/mol. The van der Waals surface area contributed by atoms with Gasteiger partial charge in [-0.25, -0.2) is 22.6 Å². The van der Waals surface area contributed by atoms with Crippen molar-refractivity contribution in [3.05, 3.63) is 40.1 Å². The number of hydrogen-bond donors (Lipinski definition) is 3. The van der Waals surface area contributed by atoms with Crippen LogP contribution in [0.5, 0.6) is 5.75 Å². The summed E-state index contributed by atoms with van der Waals surface area (Å²) in [7, 11) is -3.93. The van der Waals surface area contributed by atoms with Crippen LogP contribution in [0.15, 0.2) is 27.9 Å². The van der Waals surface area contributed by atoms with Crippen molar-refractivity contribution in [1.82, 2.24) is 24.3 Å². The number of benzene rings is 1. The molecular formula is C24H33N5O5S. The molecule has 190 valence electrons. The van der Waals surface area contributed by atoms with Crippen LogP contribution >= 0.6 is 0 Å². The van der Waals surface area contributed by atoms with E-state index in [1.807, 2.05) is 13.8 Å². The van der Waals surface area contributed by atoms with Crippen LogP contribution in [-0.4, -0.2) is 52.4 Å². The lowest BCUT2D eigenvalue weighted by Crippen LogP contribution is -2.37. The van der Waals surface area contributed by atoms with Gasteiger partial charge in [-0.3, -0.25) is 4.79 Å². The maximum absolute atomic E-state index is 13.1. The molecule has 0 bridgehead atoms. The molecule has 1 fully saturated rings. The van der Waals surface area contributed by atoms with Crippen molar-refractivity contribution >= 4 is 15.5 Å². The minimum atomic E-state index is -3.93. The third-order valence-electron chi connectivity index (χ3n) is 6.42. The largest absolute Gasteiger partial charge is 0.493 e. The number of imidazole rings is 1. The molecule has 2 heterocycles. The maximum atomic E-state index is 13.1. The zero-order valence-electron chi connectivity index (χ0n) is 20.4. The first-order valence-corrected chi connectivity index (χ1v) is 13.7. The van der Waals surface area contributed by atoms with Gasteiger partial charge in [0, 0.05) is 12.0 Å². The summed E-state index contributed by atoms with van der Waals surface area (Å²) in [4.78, 5) is 20.5. The lowest BCUT2D eigenvalue weighted by molar-refractivity contribution is 0.250. The number of H-pyrrole nitrogens is 1. The van der Waals surface area contributed by atoms with Crippen molar-refractivity contribution in [1.29, 1.82) is 0 Å². The second-order valence-corrected chi connectivity index (χ2v) is 10.7. The first-order valence-electron chi connectivity index (χ1n) is 12.2. The van der Waals surface area contributed by atoms with Gasteiger partial charge in [-0.2, -0.15) is 0 Å². The van der Waals surface area contributed by atoms with Crippen molar-refractivity contribution < 1.29 is 18.3 Å². The quantitative estimate of drug-likeness (QED) is 0.387. The topological polar surface area (TPSA) is 139 Å². The lowest BCUT2D eigenvalue weighted by Gasteiger charge is -2.17. The highest BCUT2D eigenvalue weighted by atomic mass is 32.2. The van der Waals surface area contributed by atoms with Crippen LogP contribution in [0.3, 0.4) is 0 Å². The van der Waals surface area contributed by atoms with Gasteiger partial charge in [-0.05, 0) is 51.3 Å². The van der Waals surface area contributed by atoms with Crippen molar-refractivity contribution in [2.75, 3.05) is 13.2 Å². The van der Waals surface area contributed by atoms with E-state index < -0.39 is 16.1 Å². The molecule has 0 spiro atoms. The summed E-state index contributed by atoms with van der Waals surface area (Å²) in [5, 5.41) is 14.3. The molecule has 3 aromatic rings. The number of aliphatic hydroxyl groups excluding tert-OH is 1. The Labute approximate surface area is 204 Å². The van der Waals surface area contributed by atoms with Crippen LogP contribution in [-0.2, 0) is 10.0 Å². The number of aromatic nitrogens is 4. The van der Waals surface area contributed by atoms with E-state index in [0.717, 1.165) is 37.9 Å². The maximum Gasteiger partial charge on any atom is 0.277 e. The number of rotatable bonds is 10. The predicted molar refractivity (Wildman–Crippen MR) is 132 cm³/mol. The number of aryl methyl sites for hydroxylation is 1. The SMILES string of the molecule is CCCC(CO)NS(=O)(=O)c1ccc(OCC)c(-c2nn3c(C4CCCC4)nc(C)c3c(=O)[nH]2)c1. The van der Waals surface area contributed by atoms with Gasteiger partial charge in [0.2, 0.25) is 10.0 Å². The Morgan fingerprint density at radius 1 is 1.29 bits per heavy atom. The fraction of sp³-hybridized carbons (Fsp3) is 0.542. The number of ether oxygens (including phenoxy) is 1. The first kappa shape index (κ1) is 25.3. The fourth-order valence-electron chi connectivity index (χ4n) is 4.73. The van der Waals surface area contributed by atoms with Gasteiger partial charge in [0.25, 0.3) is 5.56 Å². The molecule has 1 saturated carbocycles. The highest BCUT2D eigenvalue weighted by Gasteiger charge is 2.26. The number of fused-ring (bicyclic) bond motifs is 1. The number of sulfonamides is 1. The summed E-state index contributed by atoms with van der Waals surface area (Å²) in [6, 6.07) is 3.86. The van der Waals surface area contributed by atoms with Crippen molar-refractivity contribution in [2.45, 2.75) is 76.2 Å². The smallest absolute Gasteiger partial charge is 0.277 e. The summed E-state index contributed by atoms with van der Waals surface area (Å²) in [6.45, 7) is 5.59. The molecule has 1 unspecified atom stereocenters. The minimum absolute atomic E-state index is 0.00826. The van der Waals surface area contributed by atoms with E-state index in [1.54, 1.807) is 17.5 Å². The second-order valence-electron chi connectivity index (χ2n) is 8.98. The Morgan fingerprint density at radius 3 is 2.69 bits per heavy atom. The Hall–Kier alpha value is -2.76.